The lowest BCUT2D eigenvalue weighted by atomic mass is 9.93. The molecule has 0 amide bonds. The van der Waals surface area contributed by atoms with E-state index in [0.717, 1.165) is 25.1 Å². The summed E-state index contributed by atoms with van der Waals surface area (Å²) in [6.45, 7) is 1.08. The number of fused-ring (bicyclic) bond motifs is 2. The Bertz CT molecular complexity index is 1380. The number of halogens is 1. The Morgan fingerprint density at radius 3 is 2.86 bits per heavy atom. The Balaban J connectivity index is 1.20. The van der Waals surface area contributed by atoms with Crippen molar-refractivity contribution < 1.29 is 13.7 Å². The Labute approximate surface area is 201 Å². The summed E-state index contributed by atoms with van der Waals surface area (Å²) in [5, 5.41) is 11.0. The van der Waals surface area contributed by atoms with Crippen LogP contribution in [0.2, 0.25) is 0 Å². The molecule has 2 aromatic carbocycles. The summed E-state index contributed by atoms with van der Waals surface area (Å²) >= 11 is 0. The summed E-state index contributed by atoms with van der Waals surface area (Å²) in [5.74, 6) is 1.80. The first-order valence-electron chi connectivity index (χ1n) is 11.8. The van der Waals surface area contributed by atoms with Crippen LogP contribution >= 0.6 is 0 Å². The van der Waals surface area contributed by atoms with E-state index >= 15 is 0 Å². The lowest BCUT2D eigenvalue weighted by Gasteiger charge is -2.25. The summed E-state index contributed by atoms with van der Waals surface area (Å²) in [6.07, 6.45) is 4.62. The van der Waals surface area contributed by atoms with Crippen molar-refractivity contribution in [3.63, 3.8) is 0 Å². The van der Waals surface area contributed by atoms with E-state index in [2.05, 4.69) is 25.8 Å². The van der Waals surface area contributed by atoms with Crippen LogP contribution in [-0.2, 0) is 0 Å². The average molecular weight is 476 g/mol. The SMILES string of the molecule is Nc1nc(Nc2ccc(Oc3cccc4onc(N)c34)c(F)c2)cc(C2C[C@H]3CCCN[C@H]3C2)n1. The van der Waals surface area contributed by atoms with Crippen LogP contribution in [0.5, 0.6) is 11.5 Å². The van der Waals surface area contributed by atoms with E-state index < -0.39 is 5.82 Å². The Morgan fingerprint density at radius 1 is 1.09 bits per heavy atom. The van der Waals surface area contributed by atoms with Crippen LogP contribution in [0.3, 0.4) is 0 Å². The summed E-state index contributed by atoms with van der Waals surface area (Å²) in [6, 6.07) is 12.2. The van der Waals surface area contributed by atoms with E-state index in [1.54, 1.807) is 30.3 Å². The summed E-state index contributed by atoms with van der Waals surface area (Å²) < 4.78 is 25.9. The van der Waals surface area contributed by atoms with Gasteiger partial charge in [-0.15, -0.1) is 0 Å². The fraction of sp³-hybridized carbons (Fsp3) is 0.320. The molecule has 2 aliphatic rings. The van der Waals surface area contributed by atoms with E-state index in [1.807, 2.05) is 6.07 Å². The normalized spacial score (nSPS) is 21.7. The first kappa shape index (κ1) is 21.6. The molecule has 180 valence electrons. The molecule has 1 saturated heterocycles. The van der Waals surface area contributed by atoms with Crippen molar-refractivity contribution >= 4 is 34.2 Å². The van der Waals surface area contributed by atoms with Gasteiger partial charge in [0.1, 0.15) is 17.0 Å². The highest BCUT2D eigenvalue weighted by Gasteiger charge is 2.37. The molecule has 0 bridgehead atoms. The summed E-state index contributed by atoms with van der Waals surface area (Å²) in [7, 11) is 0. The Morgan fingerprint density at radius 2 is 2.00 bits per heavy atom. The molecule has 6 rings (SSSR count). The molecule has 2 aromatic heterocycles. The maximum absolute atomic E-state index is 14.9. The van der Waals surface area contributed by atoms with E-state index in [9.17, 15) is 4.39 Å². The molecule has 2 fully saturated rings. The number of rotatable bonds is 5. The maximum atomic E-state index is 14.9. The van der Waals surface area contributed by atoms with Gasteiger partial charge in [0.2, 0.25) is 5.95 Å². The van der Waals surface area contributed by atoms with Gasteiger partial charge in [-0.3, -0.25) is 0 Å². The lowest BCUT2D eigenvalue weighted by molar-refractivity contribution is 0.318. The maximum Gasteiger partial charge on any atom is 0.222 e. The number of ether oxygens (including phenoxy) is 1. The zero-order valence-electron chi connectivity index (χ0n) is 19.0. The highest BCUT2D eigenvalue weighted by Crippen LogP contribution is 2.42. The number of nitrogens with two attached hydrogens (primary N) is 2. The van der Waals surface area contributed by atoms with Gasteiger partial charge >= 0.3 is 0 Å². The van der Waals surface area contributed by atoms with Gasteiger partial charge in [-0.05, 0) is 62.4 Å². The third-order valence-corrected chi connectivity index (χ3v) is 6.95. The molecule has 35 heavy (non-hydrogen) atoms. The van der Waals surface area contributed by atoms with Crippen molar-refractivity contribution in [3.05, 3.63) is 54.0 Å². The van der Waals surface area contributed by atoms with Crippen molar-refractivity contribution in [3.8, 4) is 11.5 Å². The molecule has 6 N–H and O–H groups in total. The summed E-state index contributed by atoms with van der Waals surface area (Å²) in [4.78, 5) is 8.81. The van der Waals surface area contributed by atoms with Gasteiger partial charge in [-0.1, -0.05) is 11.2 Å². The second kappa shape index (κ2) is 8.70. The molecule has 0 radical (unpaired) electrons. The molecule has 3 heterocycles. The van der Waals surface area contributed by atoms with Crippen LogP contribution in [0, 0.1) is 11.7 Å². The van der Waals surface area contributed by atoms with Crippen LogP contribution in [0.4, 0.5) is 27.7 Å². The number of nitrogens with one attached hydrogen (secondary N) is 2. The Kier molecular flexibility index (Phi) is 5.37. The Hall–Kier alpha value is -3.92. The number of benzene rings is 2. The summed E-state index contributed by atoms with van der Waals surface area (Å²) in [5.41, 5.74) is 13.8. The van der Waals surface area contributed by atoms with Crippen molar-refractivity contribution in [2.75, 3.05) is 23.3 Å². The van der Waals surface area contributed by atoms with Gasteiger partial charge in [-0.2, -0.15) is 4.98 Å². The van der Waals surface area contributed by atoms with Crippen molar-refractivity contribution in [1.29, 1.82) is 0 Å². The molecule has 1 aliphatic carbocycles. The lowest BCUT2D eigenvalue weighted by Crippen LogP contribution is -2.37. The van der Waals surface area contributed by atoms with Gasteiger partial charge in [-0.25, -0.2) is 9.37 Å². The molecular weight excluding hydrogens is 449 g/mol. The monoisotopic (exact) mass is 475 g/mol. The van der Waals surface area contributed by atoms with Gasteiger partial charge in [0, 0.05) is 29.8 Å². The second-order valence-corrected chi connectivity index (χ2v) is 9.24. The van der Waals surface area contributed by atoms with Crippen molar-refractivity contribution in [1.82, 2.24) is 20.4 Å². The molecule has 9 nitrogen and oxygen atoms in total. The second-order valence-electron chi connectivity index (χ2n) is 9.24. The van der Waals surface area contributed by atoms with Gasteiger partial charge in [0.15, 0.2) is 23.0 Å². The number of piperidine rings is 1. The third kappa shape index (κ3) is 4.21. The molecule has 3 atom stereocenters. The number of nitrogen functional groups attached to an aromatic ring is 2. The van der Waals surface area contributed by atoms with Gasteiger partial charge in [0.25, 0.3) is 0 Å². The largest absolute Gasteiger partial charge is 0.453 e. The quantitative estimate of drug-likeness (QED) is 0.323. The number of nitrogens with zero attached hydrogens (tertiary/aromatic N) is 3. The predicted octanol–water partition coefficient (Wildman–Crippen LogP) is 4.70. The molecule has 4 aromatic rings. The van der Waals surface area contributed by atoms with E-state index in [4.69, 9.17) is 20.7 Å². The van der Waals surface area contributed by atoms with E-state index in [0.29, 0.717) is 46.1 Å². The highest BCUT2D eigenvalue weighted by molar-refractivity contribution is 5.92. The number of anilines is 4. The van der Waals surface area contributed by atoms with E-state index in [-0.39, 0.29) is 17.5 Å². The van der Waals surface area contributed by atoms with Crippen LogP contribution in [-0.4, -0.2) is 27.7 Å². The molecule has 1 unspecified atom stereocenters. The zero-order valence-corrected chi connectivity index (χ0v) is 19.0. The van der Waals surface area contributed by atoms with Gasteiger partial charge < -0.3 is 31.4 Å². The van der Waals surface area contributed by atoms with Crippen LogP contribution in [0.25, 0.3) is 11.0 Å². The number of aromatic nitrogens is 3. The minimum absolute atomic E-state index is 0.0487. The zero-order chi connectivity index (χ0) is 23.9. The molecular formula is C25H26FN7O2. The smallest absolute Gasteiger partial charge is 0.222 e. The average Bonchev–Trinajstić information content (AvgIpc) is 3.45. The molecule has 0 spiro atoms. The molecule has 1 saturated carbocycles. The topological polar surface area (TPSA) is 137 Å². The van der Waals surface area contributed by atoms with Crippen molar-refractivity contribution in [2.24, 2.45) is 5.92 Å². The minimum atomic E-state index is -0.546. The van der Waals surface area contributed by atoms with Crippen LogP contribution in [0.15, 0.2) is 47.0 Å². The fourth-order valence-electron chi connectivity index (χ4n) is 5.34. The van der Waals surface area contributed by atoms with Crippen molar-refractivity contribution in [2.45, 2.75) is 37.6 Å². The number of hydrogen-bond acceptors (Lipinski definition) is 9. The standard InChI is InChI=1S/C25H26FN7O2/c26-16-11-15(6-7-19(16)34-20-4-1-5-21-23(20)24(27)33-35-21)30-22-12-18(31-25(28)32-22)14-9-13-3-2-8-29-17(13)10-14/h1,4-7,11-14,17,29H,2-3,8-10H2,(H2,27,33)(H3,28,30,31,32)/t13-,14?,17+/m1/s1. The van der Waals surface area contributed by atoms with Gasteiger partial charge in [0.05, 0.1) is 5.69 Å². The first-order valence-corrected chi connectivity index (χ1v) is 11.8. The van der Waals surface area contributed by atoms with Crippen LogP contribution < -0.4 is 26.8 Å². The molecule has 10 heteroatoms. The first-order chi connectivity index (χ1) is 17.0. The minimum Gasteiger partial charge on any atom is -0.453 e. The van der Waals surface area contributed by atoms with E-state index in [1.165, 1.54) is 18.9 Å². The number of hydrogen-bond donors (Lipinski definition) is 4. The fourth-order valence-corrected chi connectivity index (χ4v) is 5.34. The van der Waals surface area contributed by atoms with Crippen LogP contribution in [0.1, 0.15) is 37.3 Å². The molecule has 1 aliphatic heterocycles. The third-order valence-electron chi connectivity index (χ3n) is 6.95. The highest BCUT2D eigenvalue weighted by atomic mass is 19.1. The predicted molar refractivity (Wildman–Crippen MR) is 131 cm³/mol.